The molecule has 0 unspecified atom stereocenters. The van der Waals surface area contributed by atoms with Crippen molar-refractivity contribution in [3.05, 3.63) is 210 Å². The minimum Gasteiger partial charge on any atom is -0.307 e. The molecule has 342 valence electrons. The van der Waals surface area contributed by atoms with E-state index in [1.165, 1.54) is 24.3 Å². The monoisotopic (exact) mass is 954 g/mol. The van der Waals surface area contributed by atoms with Gasteiger partial charge in [0.2, 0.25) is 0 Å². The van der Waals surface area contributed by atoms with E-state index in [9.17, 15) is 5.26 Å². The van der Waals surface area contributed by atoms with Crippen molar-refractivity contribution in [3.8, 4) is 28.3 Å². The van der Waals surface area contributed by atoms with Crippen LogP contribution in [0.5, 0.6) is 0 Å². The molecule has 0 radical (unpaired) electrons. The first kappa shape index (κ1) is 45.7. The Bertz CT molecular complexity index is 3520. The molecular weight excluding hydrogens is 909 g/mol. The molecule has 10 aromatic rings. The van der Waals surface area contributed by atoms with Gasteiger partial charge in [0.15, 0.2) is 5.69 Å². The number of nitrogens with zero attached hydrogens (tertiary/aromatic N) is 4. The topological polar surface area (TPSA) is 34.6 Å². The number of anilines is 6. The van der Waals surface area contributed by atoms with Gasteiger partial charge in [-0.25, -0.2) is 22.4 Å². The van der Waals surface area contributed by atoms with E-state index in [2.05, 4.69) is 50.2 Å². The third-order valence-corrected chi connectivity index (χ3v) is 17.3. The number of halogens is 4. The van der Waals surface area contributed by atoms with Crippen LogP contribution in [0.15, 0.2) is 170 Å². The van der Waals surface area contributed by atoms with Crippen LogP contribution in [0, 0.1) is 41.2 Å². The molecule has 0 saturated carbocycles. The number of rotatable bonds is 10. The van der Waals surface area contributed by atoms with E-state index in [4.69, 9.17) is 6.57 Å². The highest BCUT2D eigenvalue weighted by Gasteiger charge is 2.27. The maximum atomic E-state index is 17.0. The maximum absolute atomic E-state index is 17.0. The van der Waals surface area contributed by atoms with E-state index in [0.717, 1.165) is 42.7 Å². The zero-order valence-electron chi connectivity index (χ0n) is 39.5. The predicted molar refractivity (Wildman–Crippen MR) is 287 cm³/mol. The van der Waals surface area contributed by atoms with Crippen LogP contribution in [-0.4, -0.2) is 16.1 Å². The second-order valence-electron chi connectivity index (χ2n) is 19.8. The number of nitriles is 1. The Balaban J connectivity index is 1.18. The number of benzene rings is 10. The van der Waals surface area contributed by atoms with Crippen molar-refractivity contribution in [1.82, 2.24) is 0 Å². The van der Waals surface area contributed by atoms with E-state index in [-0.39, 0.29) is 22.5 Å². The molecule has 0 aromatic heterocycles. The second kappa shape index (κ2) is 17.5. The van der Waals surface area contributed by atoms with Crippen LogP contribution < -0.4 is 20.2 Å². The first-order valence-electron chi connectivity index (χ1n) is 23.0. The van der Waals surface area contributed by atoms with Crippen molar-refractivity contribution in [2.45, 2.75) is 39.3 Å². The Hall–Kier alpha value is -8.03. The van der Waals surface area contributed by atoms with Gasteiger partial charge in [0, 0.05) is 45.4 Å². The zero-order chi connectivity index (χ0) is 49.2. The zero-order valence-corrected chi connectivity index (χ0v) is 41.5. The van der Waals surface area contributed by atoms with Crippen LogP contribution in [-0.2, 0) is 0 Å². The normalized spacial score (nSPS) is 11.8. The van der Waals surface area contributed by atoms with E-state index >= 15 is 17.6 Å². The summed E-state index contributed by atoms with van der Waals surface area (Å²) in [4.78, 5) is 6.94. The fourth-order valence-electron chi connectivity index (χ4n) is 9.50. The van der Waals surface area contributed by atoms with E-state index in [0.29, 0.717) is 45.1 Å². The second-order valence-corrected chi connectivity index (χ2v) is 29.9. The van der Waals surface area contributed by atoms with Gasteiger partial charge in [0.05, 0.1) is 57.1 Å². The van der Waals surface area contributed by atoms with Crippen LogP contribution in [0.4, 0.5) is 57.4 Å². The van der Waals surface area contributed by atoms with Gasteiger partial charge in [-0.3, -0.25) is 0 Å². The first-order chi connectivity index (χ1) is 33.5. The molecule has 0 saturated heterocycles. The third-order valence-electron chi connectivity index (χ3n) is 13.2. The summed E-state index contributed by atoms with van der Waals surface area (Å²) < 4.78 is 67.4. The van der Waals surface area contributed by atoms with Gasteiger partial charge < -0.3 is 9.80 Å². The Morgan fingerprint density at radius 1 is 0.457 bits per heavy atom. The number of hydrogen-bond acceptors (Lipinski definition) is 3. The lowest BCUT2D eigenvalue weighted by Crippen LogP contribution is -2.37. The minimum absolute atomic E-state index is 0.0194. The molecule has 0 heterocycles. The summed E-state index contributed by atoms with van der Waals surface area (Å²) >= 11 is 0. The summed E-state index contributed by atoms with van der Waals surface area (Å²) in [5.74, 6) is -2.46. The molecule has 0 atom stereocenters. The molecule has 10 aromatic carbocycles. The molecule has 0 aliphatic rings. The fourth-order valence-corrected chi connectivity index (χ4v) is 11.9. The molecule has 4 nitrogen and oxygen atoms in total. The van der Waals surface area contributed by atoms with Gasteiger partial charge in [0.1, 0.15) is 23.3 Å². The molecule has 0 N–H and O–H groups in total. The third kappa shape index (κ3) is 8.15. The van der Waals surface area contributed by atoms with Crippen LogP contribution in [0.1, 0.15) is 5.56 Å². The summed E-state index contributed by atoms with van der Waals surface area (Å²) in [6.07, 6.45) is 0. The highest BCUT2D eigenvalue weighted by Crippen LogP contribution is 2.49. The van der Waals surface area contributed by atoms with Gasteiger partial charge >= 0.3 is 0 Å². The van der Waals surface area contributed by atoms with Crippen LogP contribution in [0.2, 0.25) is 39.3 Å². The van der Waals surface area contributed by atoms with Crippen molar-refractivity contribution in [3.63, 3.8) is 0 Å². The summed E-state index contributed by atoms with van der Waals surface area (Å²) in [6, 6.07) is 51.5. The summed E-state index contributed by atoms with van der Waals surface area (Å²) in [6.45, 7) is 20.9. The van der Waals surface area contributed by atoms with Gasteiger partial charge in [-0.05, 0) is 93.3 Å². The first-order valence-corrected chi connectivity index (χ1v) is 30.0. The molecule has 70 heavy (non-hydrogen) atoms. The van der Waals surface area contributed by atoms with Crippen molar-refractivity contribution in [1.29, 1.82) is 5.26 Å². The summed E-state index contributed by atoms with van der Waals surface area (Å²) in [5.41, 5.74) is 4.37. The molecule has 0 aliphatic heterocycles. The van der Waals surface area contributed by atoms with Crippen molar-refractivity contribution >= 4 is 98.7 Å². The molecule has 0 fully saturated rings. The summed E-state index contributed by atoms with van der Waals surface area (Å²) in [7, 11) is -3.54. The maximum Gasteiger partial charge on any atom is 0.187 e. The standard InChI is InChI=1S/C60H46F4N4Si2/c1-66-42-20-24-44(25-21-42)68(58-35-52(62)50(33-54(58)64)41-11-9-13-46(31-41)70(5,6)7)56-29-19-39-16-26-47-55(28-18-38-17-27-48(56)60(39)59(38)47)67(43-22-14-37(36-65)15-23-43)57-34-51(61)49(32-53(57)63)40-10-8-12-45(30-40)69(2,3)4/h8-35H,2-7H3. The minimum atomic E-state index is -1.77. The molecule has 0 aliphatic carbocycles. The van der Waals surface area contributed by atoms with E-state index < -0.39 is 39.4 Å². The lowest BCUT2D eigenvalue weighted by molar-refractivity contribution is 0.604. The lowest BCUT2D eigenvalue weighted by atomic mass is 9.91. The van der Waals surface area contributed by atoms with Gasteiger partial charge in [-0.2, -0.15) is 5.26 Å². The van der Waals surface area contributed by atoms with Gasteiger partial charge in [-0.15, -0.1) is 0 Å². The Labute approximate surface area is 407 Å². The predicted octanol–water partition coefficient (Wildman–Crippen LogP) is 16.9. The molecular formula is C60H46F4N4Si2. The quantitative estimate of drug-likeness (QED) is 0.0593. The highest BCUT2D eigenvalue weighted by atomic mass is 28.3. The Kier molecular flexibility index (Phi) is 11.4. The average molecular weight is 955 g/mol. The molecule has 10 rings (SSSR count). The van der Waals surface area contributed by atoms with Crippen molar-refractivity contribution in [2.24, 2.45) is 0 Å². The van der Waals surface area contributed by atoms with Gasteiger partial charge in [0.25, 0.3) is 0 Å². The van der Waals surface area contributed by atoms with Crippen molar-refractivity contribution < 1.29 is 17.6 Å². The van der Waals surface area contributed by atoms with E-state index in [1.54, 1.807) is 70.5 Å². The molecule has 0 bridgehead atoms. The molecule has 0 amide bonds. The Morgan fingerprint density at radius 2 is 0.871 bits per heavy atom. The summed E-state index contributed by atoms with van der Waals surface area (Å²) in [5, 5.41) is 16.8. The average Bonchev–Trinajstić information content (AvgIpc) is 3.35. The Morgan fingerprint density at radius 3 is 1.27 bits per heavy atom. The largest absolute Gasteiger partial charge is 0.307 e. The SMILES string of the molecule is [C-]#[N+]c1ccc(N(c2cc(F)c(-c3cccc([Si](C)(C)C)c3)cc2F)c2ccc3ccc4c(N(c5ccc(C#N)cc5)c5cc(F)c(-c6cccc([Si](C)(C)C)c6)cc5F)ccc5ccc2c3c54)cc1. The smallest absolute Gasteiger partial charge is 0.187 e. The van der Waals surface area contributed by atoms with Crippen LogP contribution >= 0.6 is 0 Å². The molecule has 0 spiro atoms. The lowest BCUT2D eigenvalue weighted by Gasteiger charge is -2.30. The fraction of sp³-hybridized carbons (Fsp3) is 0.100. The van der Waals surface area contributed by atoms with E-state index in [1.807, 2.05) is 84.9 Å². The number of hydrogen-bond donors (Lipinski definition) is 0. The van der Waals surface area contributed by atoms with Crippen LogP contribution in [0.3, 0.4) is 0 Å². The molecule has 10 heteroatoms. The van der Waals surface area contributed by atoms with Crippen LogP contribution in [0.25, 0.3) is 59.4 Å². The van der Waals surface area contributed by atoms with Crippen molar-refractivity contribution in [2.75, 3.05) is 9.80 Å². The highest BCUT2D eigenvalue weighted by molar-refractivity contribution is 6.89. The van der Waals surface area contributed by atoms with Gasteiger partial charge in [-0.1, -0.05) is 147 Å².